The third-order valence-corrected chi connectivity index (χ3v) is 2.74. The number of carbonyl (C=O) groups excluding carboxylic acids is 2. The van der Waals surface area contributed by atoms with Gasteiger partial charge in [0.25, 0.3) is 0 Å². The molecule has 1 aromatic rings. The summed E-state index contributed by atoms with van der Waals surface area (Å²) in [4.78, 5) is 27.2. The third kappa shape index (κ3) is 7.36. The quantitative estimate of drug-likeness (QED) is 0.504. The second-order valence-corrected chi connectivity index (χ2v) is 6.04. The molecule has 0 spiro atoms. The average molecular weight is 358 g/mol. The Bertz CT molecular complexity index is 570. The standard InChI is InChI=1S/C14H22N4O5S/c1-5-6-21-12(19)15-7-10-17-11(23-18-10)9(8-24)16-13(20)22-14(2,3)4/h5,9,24H,1,6-8H2,2-4H3,(H,15,19)(H,16,20). The summed E-state index contributed by atoms with van der Waals surface area (Å²) < 4.78 is 15.0. The summed E-state index contributed by atoms with van der Waals surface area (Å²) >= 11 is 4.15. The summed E-state index contributed by atoms with van der Waals surface area (Å²) in [5.74, 6) is 0.626. The molecular weight excluding hydrogens is 336 g/mol. The lowest BCUT2D eigenvalue weighted by Gasteiger charge is -2.21. The Balaban J connectivity index is 2.56. The molecule has 0 fully saturated rings. The number of rotatable bonds is 7. The molecule has 0 saturated heterocycles. The molecular formula is C14H22N4O5S. The third-order valence-electron chi connectivity index (χ3n) is 2.38. The molecule has 0 bridgehead atoms. The van der Waals surface area contributed by atoms with Gasteiger partial charge in [0.15, 0.2) is 5.82 Å². The molecule has 1 unspecified atom stereocenters. The Morgan fingerprint density at radius 1 is 1.42 bits per heavy atom. The van der Waals surface area contributed by atoms with Gasteiger partial charge in [-0.05, 0) is 20.8 Å². The second-order valence-electron chi connectivity index (χ2n) is 5.67. The molecule has 10 heteroatoms. The van der Waals surface area contributed by atoms with Crippen LogP contribution in [0.3, 0.4) is 0 Å². The first-order valence-electron chi connectivity index (χ1n) is 7.19. The maximum absolute atomic E-state index is 11.8. The first-order chi connectivity index (χ1) is 11.2. The van der Waals surface area contributed by atoms with Crippen molar-refractivity contribution in [3.05, 3.63) is 24.4 Å². The minimum Gasteiger partial charge on any atom is -0.445 e. The summed E-state index contributed by atoms with van der Waals surface area (Å²) in [6, 6.07) is -0.614. The van der Waals surface area contributed by atoms with Gasteiger partial charge in [-0.2, -0.15) is 17.6 Å². The molecule has 1 rings (SSSR count). The Labute approximate surface area is 145 Å². The highest BCUT2D eigenvalue weighted by Gasteiger charge is 2.23. The van der Waals surface area contributed by atoms with E-state index < -0.39 is 23.8 Å². The van der Waals surface area contributed by atoms with Crippen LogP contribution in [0, 0.1) is 0 Å². The molecule has 0 saturated carbocycles. The predicted molar refractivity (Wildman–Crippen MR) is 88.6 cm³/mol. The Hall–Kier alpha value is -2.23. The van der Waals surface area contributed by atoms with Gasteiger partial charge in [0.1, 0.15) is 18.2 Å². The van der Waals surface area contributed by atoms with Crippen molar-refractivity contribution in [2.75, 3.05) is 12.4 Å². The van der Waals surface area contributed by atoms with Gasteiger partial charge in [0.05, 0.1) is 6.54 Å². The molecule has 134 valence electrons. The van der Waals surface area contributed by atoms with Crippen LogP contribution in [0.1, 0.15) is 38.5 Å². The molecule has 1 atom stereocenters. The van der Waals surface area contributed by atoms with Gasteiger partial charge in [-0.1, -0.05) is 17.8 Å². The normalized spacial score (nSPS) is 12.2. The van der Waals surface area contributed by atoms with Gasteiger partial charge in [0, 0.05) is 5.75 Å². The van der Waals surface area contributed by atoms with Crippen molar-refractivity contribution in [1.29, 1.82) is 0 Å². The predicted octanol–water partition coefficient (Wildman–Crippen LogP) is 1.98. The Morgan fingerprint density at radius 2 is 2.12 bits per heavy atom. The highest BCUT2D eigenvalue weighted by molar-refractivity contribution is 7.80. The molecule has 0 aromatic carbocycles. The number of carbonyl (C=O) groups is 2. The SMILES string of the molecule is C=CCOC(=O)NCc1noc(C(CS)NC(=O)OC(C)(C)C)n1. The molecule has 1 heterocycles. The van der Waals surface area contributed by atoms with Gasteiger partial charge in [0.2, 0.25) is 5.89 Å². The van der Waals surface area contributed by atoms with Gasteiger partial charge in [-0.25, -0.2) is 9.59 Å². The Kier molecular flexibility index (Phi) is 7.56. The van der Waals surface area contributed by atoms with Gasteiger partial charge in [-0.15, -0.1) is 0 Å². The zero-order valence-corrected chi connectivity index (χ0v) is 14.8. The fraction of sp³-hybridized carbons (Fsp3) is 0.571. The van der Waals surface area contributed by atoms with Crippen molar-refractivity contribution in [2.45, 2.75) is 39.0 Å². The highest BCUT2D eigenvalue weighted by atomic mass is 32.1. The van der Waals surface area contributed by atoms with E-state index in [2.05, 4.69) is 40.0 Å². The van der Waals surface area contributed by atoms with Gasteiger partial charge >= 0.3 is 12.2 Å². The minimum atomic E-state index is -0.626. The number of hydrogen-bond donors (Lipinski definition) is 3. The van der Waals surface area contributed by atoms with Crippen molar-refractivity contribution < 1.29 is 23.6 Å². The van der Waals surface area contributed by atoms with Gasteiger partial charge in [-0.3, -0.25) is 0 Å². The van der Waals surface area contributed by atoms with E-state index in [-0.39, 0.29) is 30.6 Å². The van der Waals surface area contributed by atoms with E-state index in [1.54, 1.807) is 20.8 Å². The van der Waals surface area contributed by atoms with Crippen LogP contribution in [-0.2, 0) is 16.0 Å². The van der Waals surface area contributed by atoms with E-state index in [0.717, 1.165) is 0 Å². The van der Waals surface area contributed by atoms with Gasteiger partial charge < -0.3 is 24.6 Å². The lowest BCUT2D eigenvalue weighted by Crippen LogP contribution is -2.35. The van der Waals surface area contributed by atoms with Crippen LogP contribution in [-0.4, -0.2) is 40.3 Å². The van der Waals surface area contributed by atoms with Crippen molar-refractivity contribution in [3.63, 3.8) is 0 Å². The van der Waals surface area contributed by atoms with Crippen LogP contribution in [0.5, 0.6) is 0 Å². The minimum absolute atomic E-state index is 0.0191. The Morgan fingerprint density at radius 3 is 2.71 bits per heavy atom. The van der Waals surface area contributed by atoms with Crippen LogP contribution >= 0.6 is 12.6 Å². The van der Waals surface area contributed by atoms with Crippen molar-refractivity contribution in [3.8, 4) is 0 Å². The molecule has 1 aromatic heterocycles. The molecule has 2 amide bonds. The first kappa shape index (κ1) is 19.8. The van der Waals surface area contributed by atoms with E-state index in [1.165, 1.54) is 6.08 Å². The van der Waals surface area contributed by atoms with Crippen LogP contribution < -0.4 is 10.6 Å². The summed E-state index contributed by atoms with van der Waals surface area (Å²) in [6.07, 6.45) is 0.206. The average Bonchev–Trinajstić information content (AvgIpc) is 2.95. The molecule has 0 aliphatic carbocycles. The maximum atomic E-state index is 11.8. The van der Waals surface area contributed by atoms with Crippen LogP contribution in [0.2, 0.25) is 0 Å². The van der Waals surface area contributed by atoms with E-state index in [0.29, 0.717) is 0 Å². The lowest BCUT2D eigenvalue weighted by molar-refractivity contribution is 0.0500. The molecule has 9 nitrogen and oxygen atoms in total. The zero-order valence-electron chi connectivity index (χ0n) is 13.9. The topological polar surface area (TPSA) is 116 Å². The second kappa shape index (κ2) is 9.16. The van der Waals surface area contributed by atoms with Crippen molar-refractivity contribution in [2.24, 2.45) is 0 Å². The lowest BCUT2D eigenvalue weighted by atomic mass is 10.2. The van der Waals surface area contributed by atoms with Crippen LogP contribution in [0.4, 0.5) is 9.59 Å². The molecule has 0 radical (unpaired) electrons. The number of alkyl carbamates (subject to hydrolysis) is 2. The maximum Gasteiger partial charge on any atom is 0.408 e. The van der Waals surface area contributed by atoms with E-state index in [1.807, 2.05) is 0 Å². The molecule has 0 aliphatic rings. The number of amides is 2. The summed E-state index contributed by atoms with van der Waals surface area (Å²) in [7, 11) is 0. The number of hydrogen-bond acceptors (Lipinski definition) is 8. The fourth-order valence-electron chi connectivity index (χ4n) is 1.45. The van der Waals surface area contributed by atoms with E-state index in [4.69, 9.17) is 14.0 Å². The molecule has 24 heavy (non-hydrogen) atoms. The number of thiol groups is 1. The zero-order chi connectivity index (χ0) is 18.2. The smallest absolute Gasteiger partial charge is 0.408 e. The van der Waals surface area contributed by atoms with Crippen LogP contribution in [0.25, 0.3) is 0 Å². The summed E-state index contributed by atoms with van der Waals surface area (Å²) in [6.45, 7) is 8.82. The van der Waals surface area contributed by atoms with E-state index >= 15 is 0 Å². The summed E-state index contributed by atoms with van der Waals surface area (Å²) in [5.41, 5.74) is -0.624. The first-order valence-corrected chi connectivity index (χ1v) is 7.82. The van der Waals surface area contributed by atoms with Crippen molar-refractivity contribution >= 4 is 24.8 Å². The van der Waals surface area contributed by atoms with E-state index in [9.17, 15) is 9.59 Å². The fourth-order valence-corrected chi connectivity index (χ4v) is 1.70. The largest absolute Gasteiger partial charge is 0.445 e. The number of aromatic nitrogens is 2. The number of ether oxygens (including phenoxy) is 2. The number of nitrogens with one attached hydrogen (secondary N) is 2. The monoisotopic (exact) mass is 358 g/mol. The van der Waals surface area contributed by atoms with Crippen LogP contribution in [0.15, 0.2) is 17.2 Å². The highest BCUT2D eigenvalue weighted by Crippen LogP contribution is 2.14. The molecule has 2 N–H and O–H groups in total. The molecule has 0 aliphatic heterocycles. The number of nitrogens with zero attached hydrogens (tertiary/aromatic N) is 2. The summed E-state index contributed by atoms with van der Waals surface area (Å²) in [5, 5.41) is 8.76. The van der Waals surface area contributed by atoms with Crippen molar-refractivity contribution in [1.82, 2.24) is 20.8 Å².